The van der Waals surface area contributed by atoms with E-state index >= 15 is 0 Å². The molecule has 0 N–H and O–H groups in total. The van der Waals surface area contributed by atoms with Crippen molar-refractivity contribution in [3.8, 4) is 0 Å². The van der Waals surface area contributed by atoms with Crippen molar-refractivity contribution >= 4 is 27.9 Å². The first kappa shape index (κ1) is 15.0. The average Bonchev–Trinajstić information content (AvgIpc) is 2.38. The number of hydrogen-bond donors (Lipinski definition) is 0. The molecule has 0 unspecified atom stereocenters. The zero-order valence-electron chi connectivity index (χ0n) is 9.82. The first-order valence-electron chi connectivity index (χ1n) is 5.43. The van der Waals surface area contributed by atoms with Crippen LogP contribution in [0.5, 0.6) is 0 Å². The van der Waals surface area contributed by atoms with Gasteiger partial charge in [-0.2, -0.15) is 0 Å². The lowest BCUT2D eigenvalue weighted by molar-refractivity contribution is -0.115. The van der Waals surface area contributed by atoms with Crippen LogP contribution >= 0.6 is 15.9 Å². The van der Waals surface area contributed by atoms with Crippen molar-refractivity contribution in [2.75, 3.05) is 5.33 Å². The van der Waals surface area contributed by atoms with Crippen LogP contribution in [-0.2, 0) is 11.3 Å². The minimum Gasteiger partial charge on any atom is -0.298 e. The largest absolute Gasteiger partial charge is 0.298 e. The number of Topliss-reactive ketones (excluding diaryl/α,β-unsaturated/α-hetero) is 1. The first-order chi connectivity index (χ1) is 7.83. The number of carbonyl (C=O) groups is 1. The minimum atomic E-state index is 0.154. The lowest BCUT2D eigenvalue weighted by atomic mass is 10.2. The van der Waals surface area contributed by atoms with E-state index in [0.717, 1.165) is 5.56 Å². The fraction of sp³-hybridized carbons (Fsp3) is 0.385. The SMILES string of the molecule is CC.O=C(CBr)CC=NCc1ccccc1. The van der Waals surface area contributed by atoms with Crippen LogP contribution in [0.25, 0.3) is 0 Å². The molecule has 0 aliphatic rings. The van der Waals surface area contributed by atoms with Gasteiger partial charge in [-0.25, -0.2) is 0 Å². The van der Waals surface area contributed by atoms with Crippen LogP contribution < -0.4 is 0 Å². The van der Waals surface area contributed by atoms with E-state index in [9.17, 15) is 4.79 Å². The maximum Gasteiger partial charge on any atom is 0.148 e. The van der Waals surface area contributed by atoms with Crippen LogP contribution in [-0.4, -0.2) is 17.3 Å². The Morgan fingerprint density at radius 2 is 1.94 bits per heavy atom. The van der Waals surface area contributed by atoms with Gasteiger partial charge in [-0.3, -0.25) is 9.79 Å². The Balaban J connectivity index is 0.00000106. The predicted molar refractivity (Wildman–Crippen MR) is 73.4 cm³/mol. The molecule has 0 radical (unpaired) electrons. The van der Waals surface area contributed by atoms with Crippen LogP contribution in [0.15, 0.2) is 35.3 Å². The molecule has 0 atom stereocenters. The summed E-state index contributed by atoms with van der Waals surface area (Å²) in [5.74, 6) is 0.154. The number of aliphatic imine (C=N–C) groups is 1. The van der Waals surface area contributed by atoms with Gasteiger partial charge in [0, 0.05) is 12.6 Å². The molecule has 0 aliphatic heterocycles. The van der Waals surface area contributed by atoms with E-state index in [1.54, 1.807) is 6.21 Å². The molecular formula is C13H18BrNO. The highest BCUT2D eigenvalue weighted by molar-refractivity contribution is 9.09. The third kappa shape index (κ3) is 7.35. The molecule has 1 aromatic rings. The Morgan fingerprint density at radius 1 is 1.31 bits per heavy atom. The molecule has 0 aliphatic carbocycles. The van der Waals surface area contributed by atoms with Gasteiger partial charge in [0.15, 0.2) is 0 Å². The Labute approximate surface area is 106 Å². The van der Waals surface area contributed by atoms with E-state index in [0.29, 0.717) is 18.3 Å². The normalized spacial score (nSPS) is 9.69. The van der Waals surface area contributed by atoms with Gasteiger partial charge in [0.25, 0.3) is 0 Å². The Kier molecular flexibility index (Phi) is 9.92. The van der Waals surface area contributed by atoms with E-state index in [2.05, 4.69) is 20.9 Å². The number of halogens is 1. The van der Waals surface area contributed by atoms with Crippen molar-refractivity contribution in [2.24, 2.45) is 4.99 Å². The van der Waals surface area contributed by atoms with Gasteiger partial charge >= 0.3 is 0 Å². The maximum absolute atomic E-state index is 10.9. The van der Waals surface area contributed by atoms with Gasteiger partial charge in [0.05, 0.1) is 11.9 Å². The van der Waals surface area contributed by atoms with Gasteiger partial charge in [0.2, 0.25) is 0 Å². The molecule has 0 amide bonds. The molecule has 0 saturated carbocycles. The van der Waals surface area contributed by atoms with Crippen LogP contribution in [0.3, 0.4) is 0 Å². The smallest absolute Gasteiger partial charge is 0.148 e. The number of rotatable bonds is 5. The highest BCUT2D eigenvalue weighted by Gasteiger charge is 1.94. The highest BCUT2D eigenvalue weighted by atomic mass is 79.9. The second-order valence-electron chi connectivity index (χ2n) is 2.89. The fourth-order valence-electron chi connectivity index (χ4n) is 0.974. The molecule has 0 fully saturated rings. The Bertz CT molecular complexity index is 309. The maximum atomic E-state index is 10.9. The standard InChI is InChI=1S/C11H12BrNO.C2H6/c12-8-11(14)6-7-13-9-10-4-2-1-3-5-10;1-2/h1-5,7H,6,8-9H2;1-2H3. The molecule has 88 valence electrons. The van der Waals surface area contributed by atoms with Crippen LogP contribution in [0.1, 0.15) is 25.8 Å². The van der Waals surface area contributed by atoms with Gasteiger partial charge in [-0.1, -0.05) is 60.1 Å². The number of benzene rings is 1. The second kappa shape index (κ2) is 10.6. The quantitative estimate of drug-likeness (QED) is 0.599. The molecule has 0 heterocycles. The average molecular weight is 284 g/mol. The van der Waals surface area contributed by atoms with E-state index < -0.39 is 0 Å². The van der Waals surface area contributed by atoms with Crippen LogP contribution in [0.4, 0.5) is 0 Å². The van der Waals surface area contributed by atoms with Gasteiger partial charge in [-0.05, 0) is 5.56 Å². The summed E-state index contributed by atoms with van der Waals surface area (Å²) in [6.07, 6.45) is 2.09. The van der Waals surface area contributed by atoms with Gasteiger partial charge in [0.1, 0.15) is 5.78 Å². The summed E-state index contributed by atoms with van der Waals surface area (Å²) in [4.78, 5) is 15.0. The van der Waals surface area contributed by atoms with Crippen molar-refractivity contribution in [1.29, 1.82) is 0 Å². The van der Waals surface area contributed by atoms with E-state index in [1.807, 2.05) is 44.2 Å². The minimum absolute atomic E-state index is 0.154. The summed E-state index contributed by atoms with van der Waals surface area (Å²) in [6.45, 7) is 4.65. The Hall–Kier alpha value is -0.960. The lowest BCUT2D eigenvalue weighted by Crippen LogP contribution is -1.98. The zero-order chi connectivity index (χ0) is 12.2. The first-order valence-corrected chi connectivity index (χ1v) is 6.55. The number of ketones is 1. The molecule has 0 aromatic heterocycles. The van der Waals surface area contributed by atoms with Crippen molar-refractivity contribution in [1.82, 2.24) is 0 Å². The molecule has 0 spiro atoms. The van der Waals surface area contributed by atoms with E-state index in [-0.39, 0.29) is 5.78 Å². The van der Waals surface area contributed by atoms with E-state index in [1.165, 1.54) is 0 Å². The molecule has 0 bridgehead atoms. The third-order valence-corrected chi connectivity index (χ3v) is 2.34. The summed E-state index contributed by atoms with van der Waals surface area (Å²) in [5, 5.41) is 0.407. The number of alkyl halides is 1. The fourth-order valence-corrected chi connectivity index (χ4v) is 1.20. The number of carbonyl (C=O) groups excluding carboxylic acids is 1. The van der Waals surface area contributed by atoms with Crippen molar-refractivity contribution in [3.63, 3.8) is 0 Å². The summed E-state index contributed by atoms with van der Waals surface area (Å²) in [6, 6.07) is 9.97. The monoisotopic (exact) mass is 283 g/mol. The van der Waals surface area contributed by atoms with E-state index in [4.69, 9.17) is 0 Å². The summed E-state index contributed by atoms with van der Waals surface area (Å²) < 4.78 is 0. The van der Waals surface area contributed by atoms with Crippen molar-refractivity contribution < 1.29 is 4.79 Å². The summed E-state index contributed by atoms with van der Waals surface area (Å²) in [7, 11) is 0. The van der Waals surface area contributed by atoms with Crippen LogP contribution in [0.2, 0.25) is 0 Å². The van der Waals surface area contributed by atoms with Gasteiger partial charge in [-0.15, -0.1) is 0 Å². The Morgan fingerprint density at radius 3 is 2.50 bits per heavy atom. The molecule has 3 heteroatoms. The molecule has 1 rings (SSSR count). The number of hydrogen-bond acceptors (Lipinski definition) is 2. The molecule has 16 heavy (non-hydrogen) atoms. The highest BCUT2D eigenvalue weighted by Crippen LogP contribution is 1.99. The zero-order valence-corrected chi connectivity index (χ0v) is 11.4. The molecule has 2 nitrogen and oxygen atoms in total. The molecule has 1 aromatic carbocycles. The predicted octanol–water partition coefficient (Wildman–Crippen LogP) is 3.64. The van der Waals surface area contributed by atoms with Crippen molar-refractivity contribution in [3.05, 3.63) is 35.9 Å². The molecular weight excluding hydrogens is 266 g/mol. The topological polar surface area (TPSA) is 29.4 Å². The van der Waals surface area contributed by atoms with Crippen molar-refractivity contribution in [2.45, 2.75) is 26.8 Å². The van der Waals surface area contributed by atoms with Crippen LogP contribution in [0, 0.1) is 0 Å². The number of nitrogens with zero attached hydrogens (tertiary/aromatic N) is 1. The summed E-state index contributed by atoms with van der Waals surface area (Å²) in [5.41, 5.74) is 1.16. The summed E-state index contributed by atoms with van der Waals surface area (Å²) >= 11 is 3.10. The van der Waals surface area contributed by atoms with Gasteiger partial charge < -0.3 is 0 Å². The molecule has 0 saturated heterocycles. The second-order valence-corrected chi connectivity index (χ2v) is 3.45. The third-order valence-electron chi connectivity index (χ3n) is 1.71. The lowest BCUT2D eigenvalue weighted by Gasteiger charge is -1.93.